The van der Waals surface area contributed by atoms with E-state index in [-0.39, 0.29) is 5.82 Å². The molecular weight excluding hydrogens is 294 g/mol. The predicted molar refractivity (Wildman–Crippen MR) is 84.2 cm³/mol. The van der Waals surface area contributed by atoms with Crippen LogP contribution in [0.4, 0.5) is 4.39 Å². The van der Waals surface area contributed by atoms with Gasteiger partial charge >= 0.3 is 0 Å². The summed E-state index contributed by atoms with van der Waals surface area (Å²) in [6.07, 6.45) is 3.42. The van der Waals surface area contributed by atoms with Gasteiger partial charge in [-0.2, -0.15) is 0 Å². The summed E-state index contributed by atoms with van der Waals surface area (Å²) < 4.78 is 13.9. The van der Waals surface area contributed by atoms with Gasteiger partial charge < -0.3 is 0 Å². The zero-order chi connectivity index (χ0) is 14.5. The van der Waals surface area contributed by atoms with Crippen LogP contribution in [0.1, 0.15) is 41.8 Å². The first-order valence-electron chi connectivity index (χ1n) is 6.79. The van der Waals surface area contributed by atoms with Crippen LogP contribution in [0.15, 0.2) is 42.5 Å². The third kappa shape index (κ3) is 3.74. The highest BCUT2D eigenvalue weighted by Crippen LogP contribution is 2.31. The van der Waals surface area contributed by atoms with Crippen LogP contribution in [-0.2, 0) is 6.42 Å². The van der Waals surface area contributed by atoms with Crippen LogP contribution < -0.4 is 0 Å². The summed E-state index contributed by atoms with van der Waals surface area (Å²) in [6.45, 7) is 2.17. The molecule has 2 aromatic carbocycles. The van der Waals surface area contributed by atoms with Crippen LogP contribution in [0.5, 0.6) is 0 Å². The van der Waals surface area contributed by atoms with Gasteiger partial charge in [0.05, 0.1) is 5.38 Å². The summed E-state index contributed by atoms with van der Waals surface area (Å²) in [4.78, 5) is 0. The number of aryl methyl sites for hydroxylation is 1. The molecule has 0 heterocycles. The number of benzene rings is 2. The lowest BCUT2D eigenvalue weighted by molar-refractivity contribution is 0.612. The molecule has 0 bridgehead atoms. The highest BCUT2D eigenvalue weighted by atomic mass is 35.5. The van der Waals surface area contributed by atoms with E-state index >= 15 is 0 Å². The number of alkyl halides is 1. The topological polar surface area (TPSA) is 0 Å². The molecule has 2 aromatic rings. The van der Waals surface area contributed by atoms with E-state index in [1.165, 1.54) is 24.5 Å². The van der Waals surface area contributed by atoms with Crippen LogP contribution in [-0.4, -0.2) is 0 Å². The van der Waals surface area contributed by atoms with Crippen LogP contribution >= 0.6 is 23.2 Å². The minimum Gasteiger partial charge on any atom is -0.207 e. The monoisotopic (exact) mass is 310 g/mol. The normalized spacial score (nSPS) is 12.4. The number of rotatable bonds is 5. The Labute approximate surface area is 129 Å². The summed E-state index contributed by atoms with van der Waals surface area (Å²) in [7, 11) is 0. The minimum atomic E-state index is -0.493. The van der Waals surface area contributed by atoms with Crippen LogP contribution in [0.2, 0.25) is 5.02 Å². The van der Waals surface area contributed by atoms with Crippen molar-refractivity contribution in [3.63, 3.8) is 0 Å². The first kappa shape index (κ1) is 15.3. The maximum absolute atomic E-state index is 13.9. The molecule has 2 rings (SSSR count). The van der Waals surface area contributed by atoms with Gasteiger partial charge in [0.25, 0.3) is 0 Å². The molecule has 0 saturated carbocycles. The maximum atomic E-state index is 13.9. The fourth-order valence-electron chi connectivity index (χ4n) is 2.12. The van der Waals surface area contributed by atoms with E-state index in [9.17, 15) is 4.39 Å². The van der Waals surface area contributed by atoms with Gasteiger partial charge in [-0.15, -0.1) is 11.6 Å². The SMILES string of the molecule is CCCCc1ccc(C(Cl)c2ccc(Cl)cc2F)cc1. The van der Waals surface area contributed by atoms with Gasteiger partial charge in [-0.3, -0.25) is 0 Å². The zero-order valence-electron chi connectivity index (χ0n) is 11.4. The summed E-state index contributed by atoms with van der Waals surface area (Å²) >= 11 is 12.1. The molecule has 0 aliphatic heterocycles. The van der Waals surface area contributed by atoms with Gasteiger partial charge in [0, 0.05) is 10.6 Å². The van der Waals surface area contributed by atoms with Crippen molar-refractivity contribution in [3.05, 3.63) is 70.0 Å². The van der Waals surface area contributed by atoms with Crippen molar-refractivity contribution in [1.82, 2.24) is 0 Å². The Bertz CT molecular complexity index is 564. The zero-order valence-corrected chi connectivity index (χ0v) is 12.9. The summed E-state index contributed by atoms with van der Waals surface area (Å²) in [5.74, 6) is -0.368. The van der Waals surface area contributed by atoms with Crippen molar-refractivity contribution >= 4 is 23.2 Å². The quantitative estimate of drug-likeness (QED) is 0.581. The van der Waals surface area contributed by atoms with Crippen LogP contribution in [0.3, 0.4) is 0 Å². The molecule has 0 fully saturated rings. The van der Waals surface area contributed by atoms with Crippen molar-refractivity contribution in [2.75, 3.05) is 0 Å². The van der Waals surface area contributed by atoms with E-state index in [1.54, 1.807) is 12.1 Å². The first-order valence-corrected chi connectivity index (χ1v) is 7.61. The minimum absolute atomic E-state index is 0.368. The van der Waals surface area contributed by atoms with Gasteiger partial charge in [0.15, 0.2) is 0 Å². The van der Waals surface area contributed by atoms with Crippen molar-refractivity contribution < 1.29 is 4.39 Å². The molecule has 0 aliphatic carbocycles. The summed E-state index contributed by atoms with van der Waals surface area (Å²) in [5.41, 5.74) is 2.64. The van der Waals surface area contributed by atoms with Gasteiger partial charge in [0.2, 0.25) is 0 Å². The van der Waals surface area contributed by atoms with E-state index in [4.69, 9.17) is 23.2 Å². The van der Waals surface area contributed by atoms with Crippen LogP contribution in [0, 0.1) is 5.82 Å². The number of hydrogen-bond donors (Lipinski definition) is 0. The van der Waals surface area contributed by atoms with Crippen molar-refractivity contribution in [2.45, 2.75) is 31.6 Å². The first-order chi connectivity index (χ1) is 9.61. The molecule has 0 aromatic heterocycles. The Morgan fingerprint density at radius 3 is 2.40 bits per heavy atom. The second kappa shape index (κ2) is 7.10. The molecule has 0 nitrogen and oxygen atoms in total. The molecule has 0 amide bonds. The Kier molecular flexibility index (Phi) is 5.45. The molecule has 20 heavy (non-hydrogen) atoms. The Hall–Kier alpha value is -1.05. The average Bonchev–Trinajstić information content (AvgIpc) is 2.45. The number of halogens is 3. The lowest BCUT2D eigenvalue weighted by Gasteiger charge is -2.12. The molecule has 1 unspecified atom stereocenters. The van der Waals surface area contributed by atoms with Gasteiger partial charge in [-0.25, -0.2) is 4.39 Å². The molecule has 0 saturated heterocycles. The van der Waals surface area contributed by atoms with Crippen molar-refractivity contribution in [2.24, 2.45) is 0 Å². The number of unbranched alkanes of at least 4 members (excludes halogenated alkanes) is 1. The molecule has 0 radical (unpaired) electrons. The maximum Gasteiger partial charge on any atom is 0.129 e. The smallest absolute Gasteiger partial charge is 0.129 e. The highest BCUT2D eigenvalue weighted by molar-refractivity contribution is 6.30. The lowest BCUT2D eigenvalue weighted by atomic mass is 10.0. The second-order valence-electron chi connectivity index (χ2n) is 4.87. The van der Waals surface area contributed by atoms with Gasteiger partial charge in [-0.1, -0.05) is 55.3 Å². The molecular formula is C17H17Cl2F. The Morgan fingerprint density at radius 1 is 1.10 bits per heavy atom. The van der Waals surface area contributed by atoms with E-state index in [2.05, 4.69) is 19.1 Å². The van der Waals surface area contributed by atoms with Crippen molar-refractivity contribution in [1.29, 1.82) is 0 Å². The molecule has 0 spiro atoms. The van der Waals surface area contributed by atoms with Gasteiger partial charge in [0.1, 0.15) is 5.82 Å². The molecule has 1 atom stereocenters. The Morgan fingerprint density at radius 2 is 1.80 bits per heavy atom. The Balaban J connectivity index is 2.18. The van der Waals surface area contributed by atoms with E-state index in [1.807, 2.05) is 12.1 Å². The molecule has 0 N–H and O–H groups in total. The fourth-order valence-corrected chi connectivity index (χ4v) is 2.60. The van der Waals surface area contributed by atoms with Gasteiger partial charge in [-0.05, 0) is 36.1 Å². The van der Waals surface area contributed by atoms with E-state index in [0.717, 1.165) is 12.0 Å². The third-order valence-corrected chi connectivity index (χ3v) is 4.05. The largest absolute Gasteiger partial charge is 0.207 e. The molecule has 0 aliphatic rings. The third-order valence-electron chi connectivity index (χ3n) is 3.33. The summed E-state index contributed by atoms with van der Waals surface area (Å²) in [6, 6.07) is 12.7. The predicted octanol–water partition coefficient (Wildman–Crippen LogP) is 6.15. The highest BCUT2D eigenvalue weighted by Gasteiger charge is 2.15. The van der Waals surface area contributed by atoms with E-state index in [0.29, 0.717) is 10.6 Å². The number of hydrogen-bond acceptors (Lipinski definition) is 0. The fraction of sp³-hybridized carbons (Fsp3) is 0.294. The molecule has 3 heteroatoms. The summed E-state index contributed by atoms with van der Waals surface area (Å²) in [5, 5.41) is -0.113. The van der Waals surface area contributed by atoms with E-state index < -0.39 is 5.38 Å². The van der Waals surface area contributed by atoms with Crippen LogP contribution in [0.25, 0.3) is 0 Å². The standard InChI is InChI=1S/C17H17Cl2F/c1-2-3-4-12-5-7-13(8-6-12)17(19)15-10-9-14(18)11-16(15)20/h5-11,17H,2-4H2,1H3. The lowest BCUT2D eigenvalue weighted by Crippen LogP contribution is -1.97. The average molecular weight is 311 g/mol. The van der Waals surface area contributed by atoms with Crippen molar-refractivity contribution in [3.8, 4) is 0 Å². The second-order valence-corrected chi connectivity index (χ2v) is 5.75. The molecule has 106 valence electrons.